The molecule has 3 heterocycles. The predicted molar refractivity (Wildman–Crippen MR) is 100 cm³/mol. The molecule has 0 bridgehead atoms. The van der Waals surface area contributed by atoms with E-state index in [1.807, 2.05) is 47.5 Å². The lowest BCUT2D eigenvalue weighted by Gasteiger charge is -2.42. The van der Waals surface area contributed by atoms with Crippen LogP contribution in [0, 0.1) is 0 Å². The maximum atomic E-state index is 12.6. The number of pyridine rings is 2. The highest BCUT2D eigenvalue weighted by Gasteiger charge is 2.34. The van der Waals surface area contributed by atoms with Gasteiger partial charge in [0.2, 0.25) is 5.43 Å². The van der Waals surface area contributed by atoms with Crippen molar-refractivity contribution >= 4 is 5.91 Å². The molecule has 1 unspecified atom stereocenters. The standard InChI is InChI=1S/C20H18N4O3/c1-22-13-24(23-11-9-16(25)19(26)18(23)20(22)27)17(14-6-3-2-4-7-14)15-8-5-10-21-12-15/h2-12,17,26H,13H2,1H3. The Balaban J connectivity index is 1.94. The van der Waals surface area contributed by atoms with E-state index >= 15 is 0 Å². The Morgan fingerprint density at radius 3 is 2.48 bits per heavy atom. The SMILES string of the molecule is CN1CN(C(c2ccccc2)c2cccnc2)n2ccc(=O)c(O)c2C1=O. The summed E-state index contributed by atoms with van der Waals surface area (Å²) in [5, 5.41) is 12.2. The fraction of sp³-hybridized carbons (Fsp3) is 0.150. The van der Waals surface area contributed by atoms with Gasteiger partial charge in [-0.05, 0) is 17.2 Å². The van der Waals surface area contributed by atoms with Crippen molar-refractivity contribution in [2.45, 2.75) is 6.04 Å². The summed E-state index contributed by atoms with van der Waals surface area (Å²) < 4.78 is 1.56. The van der Waals surface area contributed by atoms with Gasteiger partial charge in [0.05, 0.1) is 6.04 Å². The Labute approximate surface area is 155 Å². The minimum absolute atomic E-state index is 0.0407. The van der Waals surface area contributed by atoms with Gasteiger partial charge in [-0.3, -0.25) is 24.3 Å². The molecular weight excluding hydrogens is 344 g/mol. The Morgan fingerprint density at radius 2 is 1.78 bits per heavy atom. The number of hydrogen-bond donors (Lipinski definition) is 1. The van der Waals surface area contributed by atoms with E-state index in [-0.39, 0.29) is 18.4 Å². The number of hydrogen-bond acceptors (Lipinski definition) is 5. The molecule has 0 radical (unpaired) electrons. The van der Waals surface area contributed by atoms with Gasteiger partial charge < -0.3 is 10.0 Å². The summed E-state index contributed by atoms with van der Waals surface area (Å²) in [6.07, 6.45) is 5.00. The van der Waals surface area contributed by atoms with Gasteiger partial charge >= 0.3 is 0 Å². The van der Waals surface area contributed by atoms with Crippen LogP contribution < -0.4 is 10.4 Å². The van der Waals surface area contributed by atoms with Crippen LogP contribution in [0.25, 0.3) is 0 Å². The van der Waals surface area contributed by atoms with E-state index in [9.17, 15) is 14.7 Å². The molecule has 1 amide bonds. The van der Waals surface area contributed by atoms with Crippen LogP contribution in [-0.2, 0) is 0 Å². The molecule has 7 nitrogen and oxygen atoms in total. The molecule has 3 aromatic rings. The number of carbonyl (C=O) groups excluding carboxylic acids is 1. The summed E-state index contributed by atoms with van der Waals surface area (Å²) in [6.45, 7) is 0.280. The van der Waals surface area contributed by atoms with E-state index in [0.29, 0.717) is 0 Å². The van der Waals surface area contributed by atoms with E-state index in [0.717, 1.165) is 11.1 Å². The minimum Gasteiger partial charge on any atom is -0.502 e. The summed E-state index contributed by atoms with van der Waals surface area (Å²) in [7, 11) is 1.64. The molecule has 1 atom stereocenters. The third-order valence-corrected chi connectivity index (χ3v) is 4.65. The highest BCUT2D eigenvalue weighted by Crippen LogP contribution is 2.31. The van der Waals surface area contributed by atoms with Gasteiger partial charge in [0.25, 0.3) is 5.91 Å². The van der Waals surface area contributed by atoms with E-state index in [1.165, 1.54) is 17.2 Å². The van der Waals surface area contributed by atoms with Crippen molar-refractivity contribution in [3.63, 3.8) is 0 Å². The number of nitrogens with zero attached hydrogens (tertiary/aromatic N) is 4. The fourth-order valence-corrected chi connectivity index (χ4v) is 3.38. The van der Waals surface area contributed by atoms with Gasteiger partial charge in [-0.1, -0.05) is 36.4 Å². The van der Waals surface area contributed by atoms with Crippen LogP contribution in [0.15, 0.2) is 71.9 Å². The van der Waals surface area contributed by atoms with Gasteiger partial charge in [0.1, 0.15) is 6.67 Å². The maximum absolute atomic E-state index is 12.6. The number of amides is 1. The Morgan fingerprint density at radius 1 is 1.04 bits per heavy atom. The van der Waals surface area contributed by atoms with Gasteiger partial charge in [-0.25, -0.2) is 0 Å². The number of fused-ring (bicyclic) bond motifs is 1. The number of rotatable bonds is 3. The topological polar surface area (TPSA) is 78.7 Å². The summed E-state index contributed by atoms with van der Waals surface area (Å²) in [5.41, 5.74) is 1.30. The monoisotopic (exact) mass is 362 g/mol. The van der Waals surface area contributed by atoms with E-state index in [4.69, 9.17) is 0 Å². The molecule has 136 valence electrons. The fourth-order valence-electron chi connectivity index (χ4n) is 3.38. The van der Waals surface area contributed by atoms with E-state index in [2.05, 4.69) is 4.98 Å². The smallest absolute Gasteiger partial charge is 0.277 e. The summed E-state index contributed by atoms with van der Waals surface area (Å²) in [5.74, 6) is -0.948. The number of carbonyl (C=O) groups is 1. The highest BCUT2D eigenvalue weighted by molar-refractivity contribution is 5.96. The summed E-state index contributed by atoms with van der Waals surface area (Å²) in [4.78, 5) is 30.2. The molecule has 27 heavy (non-hydrogen) atoms. The van der Waals surface area contributed by atoms with Gasteiger partial charge in [-0.15, -0.1) is 0 Å². The van der Waals surface area contributed by atoms with Gasteiger partial charge in [0.15, 0.2) is 11.4 Å². The van der Waals surface area contributed by atoms with E-state index < -0.39 is 17.1 Å². The predicted octanol–water partition coefficient (Wildman–Crippen LogP) is 1.72. The second-order valence-electron chi connectivity index (χ2n) is 6.41. The van der Waals surface area contributed by atoms with Crippen molar-refractivity contribution in [3.05, 3.63) is 94.2 Å². The van der Waals surface area contributed by atoms with Crippen molar-refractivity contribution in [1.29, 1.82) is 0 Å². The van der Waals surface area contributed by atoms with Crippen molar-refractivity contribution in [2.75, 3.05) is 18.7 Å². The lowest BCUT2D eigenvalue weighted by atomic mass is 9.99. The first-order valence-corrected chi connectivity index (χ1v) is 8.50. The first-order valence-electron chi connectivity index (χ1n) is 8.50. The lowest BCUT2D eigenvalue weighted by Crippen LogP contribution is -2.54. The van der Waals surface area contributed by atoms with Crippen molar-refractivity contribution in [1.82, 2.24) is 14.6 Å². The van der Waals surface area contributed by atoms with E-state index in [1.54, 1.807) is 24.1 Å². The van der Waals surface area contributed by atoms with Crippen LogP contribution >= 0.6 is 0 Å². The zero-order valence-electron chi connectivity index (χ0n) is 14.7. The van der Waals surface area contributed by atoms with Crippen molar-refractivity contribution in [3.8, 4) is 5.75 Å². The molecule has 0 fully saturated rings. The average Bonchev–Trinajstić information content (AvgIpc) is 2.70. The van der Waals surface area contributed by atoms with Crippen LogP contribution in [0.1, 0.15) is 27.7 Å². The number of aromatic hydroxyl groups is 1. The van der Waals surface area contributed by atoms with Crippen LogP contribution in [0.5, 0.6) is 5.75 Å². The molecule has 1 aliphatic rings. The maximum Gasteiger partial charge on any atom is 0.277 e. The van der Waals surface area contributed by atoms with Gasteiger partial charge in [0, 0.05) is 31.7 Å². The molecule has 4 rings (SSSR count). The molecule has 1 aromatic carbocycles. The molecule has 0 saturated heterocycles. The van der Waals surface area contributed by atoms with Crippen LogP contribution in [0.3, 0.4) is 0 Å². The van der Waals surface area contributed by atoms with Crippen LogP contribution in [0.2, 0.25) is 0 Å². The number of aromatic nitrogens is 2. The second kappa shape index (κ2) is 6.60. The third kappa shape index (κ3) is 2.83. The third-order valence-electron chi connectivity index (χ3n) is 4.65. The Hall–Kier alpha value is -3.61. The Kier molecular flexibility index (Phi) is 4.12. The average molecular weight is 362 g/mol. The van der Waals surface area contributed by atoms with Crippen LogP contribution in [0.4, 0.5) is 0 Å². The molecule has 1 aliphatic heterocycles. The largest absolute Gasteiger partial charge is 0.502 e. The molecule has 7 heteroatoms. The number of benzene rings is 1. The summed E-state index contributed by atoms with van der Waals surface area (Å²) >= 11 is 0. The highest BCUT2D eigenvalue weighted by atomic mass is 16.3. The Bertz CT molecular complexity index is 995. The minimum atomic E-state index is -0.581. The molecule has 0 saturated carbocycles. The first-order chi connectivity index (χ1) is 13.1. The second-order valence-corrected chi connectivity index (χ2v) is 6.41. The molecule has 0 aliphatic carbocycles. The molecule has 1 N–H and O–H groups in total. The molecule has 0 spiro atoms. The zero-order valence-corrected chi connectivity index (χ0v) is 14.7. The normalized spacial score (nSPS) is 14.8. The quantitative estimate of drug-likeness (QED) is 0.768. The first kappa shape index (κ1) is 16.8. The lowest BCUT2D eigenvalue weighted by molar-refractivity contribution is 0.0726. The molecular formula is C20H18N4O3. The van der Waals surface area contributed by atoms with Crippen molar-refractivity contribution in [2.24, 2.45) is 0 Å². The van der Waals surface area contributed by atoms with Crippen molar-refractivity contribution < 1.29 is 9.90 Å². The molecule has 2 aromatic heterocycles. The van der Waals surface area contributed by atoms with Crippen LogP contribution in [-0.4, -0.2) is 39.3 Å². The van der Waals surface area contributed by atoms with Gasteiger partial charge in [-0.2, -0.15) is 0 Å². The zero-order chi connectivity index (χ0) is 19.0. The summed E-state index contributed by atoms with van der Waals surface area (Å²) in [6, 6.07) is 14.6.